The van der Waals surface area contributed by atoms with Gasteiger partial charge in [0.15, 0.2) is 0 Å². The van der Waals surface area contributed by atoms with Crippen LogP contribution in [0.25, 0.3) is 0 Å². The second kappa shape index (κ2) is 34.1. The Morgan fingerprint density at radius 2 is 0.675 bits per heavy atom. The van der Waals surface area contributed by atoms with Gasteiger partial charge in [-0.15, -0.1) is 0 Å². The first-order valence-corrected chi connectivity index (χ1v) is 54.9. The molecule has 0 aromatic heterocycles. The zero-order valence-corrected chi connectivity index (χ0v) is 84.1. The molecule has 0 nitrogen and oxygen atoms in total. The van der Waals surface area contributed by atoms with E-state index in [-0.39, 0.29) is 0 Å². The van der Waals surface area contributed by atoms with E-state index < -0.39 is 0 Å². The van der Waals surface area contributed by atoms with Crippen LogP contribution in [0.2, 0.25) is 0 Å². The Balaban J connectivity index is 0.000000102. The molecule has 117 heavy (non-hydrogen) atoms. The van der Waals surface area contributed by atoms with Crippen LogP contribution in [0, 0.1) is 248 Å². The largest absolute Gasteiger partial charge is 0.0654 e. The topological polar surface area (TPSA) is 0 Å². The van der Waals surface area contributed by atoms with Crippen LogP contribution in [-0.2, 0) is 0 Å². The highest BCUT2D eigenvalue weighted by Crippen LogP contribution is 2.73. The molecule has 25 rings (SSSR count). The highest BCUT2D eigenvalue weighted by Gasteiger charge is 2.65. The third-order valence-electron chi connectivity index (χ3n) is 49.2. The van der Waals surface area contributed by atoms with Gasteiger partial charge >= 0.3 is 0 Å². The molecule has 0 amide bonds. The van der Waals surface area contributed by atoms with E-state index >= 15 is 0 Å². The Bertz CT molecular complexity index is 3210. The molecular weight excluding hydrogens is 1410 g/mol. The quantitative estimate of drug-likeness (QED) is 0.227. The molecule has 33 unspecified atom stereocenters. The van der Waals surface area contributed by atoms with Crippen LogP contribution < -0.4 is 0 Å². The highest BCUT2D eigenvalue weighted by molar-refractivity contribution is 5.14. The molecule has 0 radical (unpaired) electrons. The SMILES string of the molecule is CC(C)C1(C)CC2CCC1C2.CC1(C)C2CCC(C2)C1(C)C.CC1(C)CC2CC1C1C3CCC(CC3)C21.CC1(C)CC2CC1C1CCCC21.CC1(C)CC2CCC1C2.CC1(C)CC2CCC1C2(C)C.CCC(C)C1(C)CC2CCC1C2.CCC1(C)CC2CC1C1CCCC21.CCC1(C)CC2CCC1C2.CCCC(C)C1(C)CC2CCC1C2. The van der Waals surface area contributed by atoms with Crippen molar-refractivity contribution in [3.05, 3.63) is 0 Å². The fourth-order valence-corrected chi connectivity index (χ4v) is 40.5. The zero-order chi connectivity index (χ0) is 84.1. The zero-order valence-electron chi connectivity index (χ0n) is 84.1. The van der Waals surface area contributed by atoms with Crippen molar-refractivity contribution in [1.29, 1.82) is 0 Å². The first-order valence-electron chi connectivity index (χ1n) is 54.9. The van der Waals surface area contributed by atoms with Crippen LogP contribution in [0.5, 0.6) is 0 Å². The molecule has 25 aliphatic carbocycles. The van der Waals surface area contributed by atoms with Gasteiger partial charge < -0.3 is 0 Å². The molecule has 33 atom stereocenters. The van der Waals surface area contributed by atoms with Crippen LogP contribution in [0.1, 0.15) is 489 Å². The summed E-state index contributed by atoms with van der Waals surface area (Å²) in [5.74, 6) is 34.0. The molecule has 22 bridgehead atoms. The Kier molecular flexibility index (Phi) is 26.8. The predicted octanol–water partition coefficient (Wildman–Crippen LogP) is 36.0. The number of hydrogen-bond donors (Lipinski definition) is 0. The van der Waals surface area contributed by atoms with Crippen molar-refractivity contribution in [2.24, 2.45) is 248 Å². The van der Waals surface area contributed by atoms with Crippen molar-refractivity contribution < 1.29 is 0 Å². The second-order valence-corrected chi connectivity index (χ2v) is 56.8. The van der Waals surface area contributed by atoms with Crippen molar-refractivity contribution in [2.45, 2.75) is 489 Å². The minimum absolute atomic E-state index is 0.607. The summed E-state index contributed by atoms with van der Waals surface area (Å²) in [6.45, 7) is 66.6. The summed E-state index contributed by atoms with van der Waals surface area (Å²) in [6, 6.07) is 0. The molecule has 0 spiro atoms. The van der Waals surface area contributed by atoms with Gasteiger partial charge in [0, 0.05) is 0 Å². The van der Waals surface area contributed by atoms with E-state index in [1.165, 1.54) is 171 Å². The fraction of sp³-hybridized carbons (Fsp3) is 1.00. The van der Waals surface area contributed by atoms with Gasteiger partial charge in [0.25, 0.3) is 0 Å². The molecule has 0 aromatic rings. The average molecular weight is 1610 g/mol. The molecule has 674 valence electrons. The molecule has 0 saturated heterocycles. The lowest BCUT2D eigenvalue weighted by molar-refractivity contribution is -0.0507. The summed E-state index contributed by atoms with van der Waals surface area (Å²) in [6.07, 6.45) is 72.0. The molecule has 0 aliphatic heterocycles. The lowest BCUT2D eigenvalue weighted by Crippen LogP contribution is -2.47. The first-order chi connectivity index (χ1) is 54.9. The molecular formula is C117H206. The van der Waals surface area contributed by atoms with Crippen molar-refractivity contribution in [2.75, 3.05) is 0 Å². The van der Waals surface area contributed by atoms with Gasteiger partial charge in [0.2, 0.25) is 0 Å². The van der Waals surface area contributed by atoms with E-state index in [0.717, 1.165) is 181 Å². The highest BCUT2D eigenvalue weighted by atomic mass is 14.7. The molecule has 25 saturated carbocycles. The Morgan fingerprint density at radius 3 is 1.03 bits per heavy atom. The summed E-state index contributed by atoms with van der Waals surface area (Å²) in [7, 11) is 0. The first kappa shape index (κ1) is 91.7. The van der Waals surface area contributed by atoms with E-state index in [0.29, 0.717) is 43.3 Å². The van der Waals surface area contributed by atoms with E-state index in [9.17, 15) is 0 Å². The van der Waals surface area contributed by atoms with Gasteiger partial charge in [0.05, 0.1) is 0 Å². The van der Waals surface area contributed by atoms with Crippen molar-refractivity contribution in [1.82, 2.24) is 0 Å². The van der Waals surface area contributed by atoms with Gasteiger partial charge in [-0.25, -0.2) is 0 Å². The number of rotatable bonds is 8. The van der Waals surface area contributed by atoms with Crippen LogP contribution in [-0.4, -0.2) is 0 Å². The maximum absolute atomic E-state index is 2.57. The fourth-order valence-electron chi connectivity index (χ4n) is 40.5. The monoisotopic (exact) mass is 1610 g/mol. The molecule has 0 aromatic carbocycles. The lowest BCUT2D eigenvalue weighted by atomic mass is 9.51. The van der Waals surface area contributed by atoms with E-state index in [2.05, 4.69) is 187 Å². The smallest absolute Gasteiger partial charge is 0.0269 e. The summed E-state index contributed by atoms with van der Waals surface area (Å²) in [5.41, 5.74) is 8.28. The van der Waals surface area contributed by atoms with Crippen molar-refractivity contribution in [3.8, 4) is 0 Å². The van der Waals surface area contributed by atoms with E-state index in [1.807, 2.05) is 0 Å². The van der Waals surface area contributed by atoms with Gasteiger partial charge in [-0.2, -0.15) is 0 Å². The Hall–Kier alpha value is 0. The average Bonchev–Trinajstić information content (AvgIpc) is 1.56. The van der Waals surface area contributed by atoms with Crippen molar-refractivity contribution in [3.63, 3.8) is 0 Å². The second-order valence-electron chi connectivity index (χ2n) is 56.8. The molecule has 0 N–H and O–H groups in total. The number of hydrogen-bond acceptors (Lipinski definition) is 0. The Labute approximate surface area is 732 Å². The maximum Gasteiger partial charge on any atom is -0.0269 e. The third kappa shape index (κ3) is 17.0. The van der Waals surface area contributed by atoms with E-state index in [1.54, 1.807) is 154 Å². The van der Waals surface area contributed by atoms with Crippen molar-refractivity contribution >= 4 is 0 Å². The van der Waals surface area contributed by atoms with Crippen LogP contribution in [0.4, 0.5) is 0 Å². The van der Waals surface area contributed by atoms with Crippen LogP contribution in [0.3, 0.4) is 0 Å². The summed E-state index contributed by atoms with van der Waals surface area (Å²) >= 11 is 0. The van der Waals surface area contributed by atoms with Gasteiger partial charge in [-0.3, -0.25) is 0 Å². The maximum atomic E-state index is 2.57. The predicted molar refractivity (Wildman–Crippen MR) is 508 cm³/mol. The molecule has 0 heteroatoms. The van der Waals surface area contributed by atoms with Crippen LogP contribution >= 0.6 is 0 Å². The molecule has 25 fully saturated rings. The minimum Gasteiger partial charge on any atom is -0.0654 e. The summed E-state index contributed by atoms with van der Waals surface area (Å²) < 4.78 is 0. The molecule has 25 aliphatic rings. The third-order valence-corrected chi connectivity index (χ3v) is 49.2. The van der Waals surface area contributed by atoms with Gasteiger partial charge in [-0.1, -0.05) is 264 Å². The lowest BCUT2D eigenvalue weighted by Gasteiger charge is -2.54. The number of fused-ring (bicyclic) bond motifs is 28. The van der Waals surface area contributed by atoms with E-state index in [4.69, 9.17) is 0 Å². The standard InChI is InChI=1S/C15H24.C13H22.C13H24.C12H20.C12H22.3C11H20.C10H18.C9H16/c1-15(2)8-11-7-12(15)14-10-5-3-9(4-6-10)13(11)14;1-3-13(2)8-9-7-12(13)11-6-4-5-10(9)11;1-4-5-10(2)13(3)9-11-6-7-12(13)8-11;1-12(2)7-8-6-11(12)10-5-3-4-9(8)10;1-4-9(2)12(3)8-10-5-6-11(12)7-10;1-10(2)7-8-5-6-9(10)11(8,3)4;1-10(2)8-5-6-9(7-8)11(10,3)4;1-8(2)11(3)7-9-4-5-10(11)6-9;1-3-10(2)7-8-4-5-9(10)6-8;1-9(2)6-7-3-4-8(9)5-7/h9-14H,3-8H2,1-2H3;9-12H,3-8H2,1-2H3;10-12H,4-9H2,1-3H3;8-11H,3-7H2,1-2H3;9-11H,4-8H2,1-3H3;2*8-9H,5-7H2,1-4H3;8-10H,4-7H2,1-3H3;8-9H,3-7H2,1-2H3;7-8H,3-6H2,1-2H3. The van der Waals surface area contributed by atoms with Gasteiger partial charge in [0.1, 0.15) is 0 Å². The van der Waals surface area contributed by atoms with Crippen LogP contribution in [0.15, 0.2) is 0 Å². The molecule has 0 heterocycles. The summed E-state index contributed by atoms with van der Waals surface area (Å²) in [5, 5.41) is 0. The summed E-state index contributed by atoms with van der Waals surface area (Å²) in [4.78, 5) is 0. The minimum atomic E-state index is 0.607. The van der Waals surface area contributed by atoms with Gasteiger partial charge in [-0.05, 0) is 473 Å². The normalized spacial score (nSPS) is 50.8. The Morgan fingerprint density at radius 1 is 0.265 bits per heavy atom.